The van der Waals surface area contributed by atoms with E-state index in [0.717, 1.165) is 48.7 Å². The van der Waals surface area contributed by atoms with Gasteiger partial charge in [-0.15, -0.1) is 0 Å². The van der Waals surface area contributed by atoms with Crippen molar-refractivity contribution in [2.45, 2.75) is 77.3 Å². The fourth-order valence-electron chi connectivity index (χ4n) is 9.95. The van der Waals surface area contributed by atoms with Crippen molar-refractivity contribution in [3.05, 3.63) is 101 Å². The zero-order valence-electron chi connectivity index (χ0n) is 37.9. The minimum atomic E-state index is -0.525. The molecule has 0 bridgehead atoms. The van der Waals surface area contributed by atoms with Crippen molar-refractivity contribution in [1.29, 1.82) is 0 Å². The fraction of sp³-hybridized carbons (Fsp3) is 0.500. The number of aromatic nitrogens is 8. The van der Waals surface area contributed by atoms with Crippen LogP contribution in [0, 0.1) is 49.2 Å². The summed E-state index contributed by atoms with van der Waals surface area (Å²) in [5.41, 5.74) is 2.74. The van der Waals surface area contributed by atoms with Crippen molar-refractivity contribution in [3.8, 4) is 0 Å². The van der Waals surface area contributed by atoms with Crippen molar-refractivity contribution in [2.24, 2.45) is 23.7 Å². The van der Waals surface area contributed by atoms with Gasteiger partial charge in [0.25, 0.3) is 11.8 Å². The highest BCUT2D eigenvalue weighted by Gasteiger charge is 2.40. The molecule has 0 spiro atoms. The van der Waals surface area contributed by atoms with Gasteiger partial charge in [0.2, 0.25) is 0 Å². The maximum absolute atomic E-state index is 14.3. The second-order valence-electron chi connectivity index (χ2n) is 19.1. The number of halogens is 3. The third-order valence-corrected chi connectivity index (χ3v) is 14.2. The summed E-state index contributed by atoms with van der Waals surface area (Å²) in [4.78, 5) is 56.8. The van der Waals surface area contributed by atoms with Gasteiger partial charge in [0, 0.05) is 75.2 Å². The number of carbonyl (C=O) groups is 2. The highest BCUT2D eigenvalue weighted by Crippen LogP contribution is 2.37. The largest absolute Gasteiger partial charge is 0.355 e. The van der Waals surface area contributed by atoms with Crippen molar-refractivity contribution in [3.63, 3.8) is 0 Å². The number of anilines is 3. The molecule has 6 aromatic rings. The van der Waals surface area contributed by atoms with Crippen LogP contribution in [-0.2, 0) is 0 Å². The van der Waals surface area contributed by atoms with E-state index in [1.165, 1.54) is 126 Å². The van der Waals surface area contributed by atoms with Crippen LogP contribution < -0.4 is 20.9 Å². The standard InChI is InChI=1S/C24H28FN7O.C13H9ClFN5O.C11H20N2/c1-15-10-32-14-18(7-20(25)23(32)28-15)29-24(33)21-8-27-22(9-26-21)31-12-17(13-31)16-3-2-6-30(11-16)19-4-5-19;1-7-5-20-6-8(2-9(15)12(20)18-7)19-13(21)10-3-17-11(14)4-16-10;1-2-9(10-6-12-7-10)8-13(5-1)11-3-4-11/h7-10,14,16-17,19H,2-6,11-13H2,1H3,(H,29,33);2-6H,1H3,(H,19,21);9-12H,1-8H2. The lowest BCUT2D eigenvalue weighted by Crippen LogP contribution is -2.54. The van der Waals surface area contributed by atoms with E-state index >= 15 is 0 Å². The maximum Gasteiger partial charge on any atom is 0.275 e. The first kappa shape index (κ1) is 45.1. The van der Waals surface area contributed by atoms with Crippen molar-refractivity contribution in [1.82, 2.24) is 53.8 Å². The average Bonchev–Trinajstić information content (AvgIpc) is 4.22. The van der Waals surface area contributed by atoms with Crippen LogP contribution in [-0.4, -0.2) is 125 Å². The normalized spacial score (nSPS) is 21.4. The van der Waals surface area contributed by atoms with Gasteiger partial charge >= 0.3 is 0 Å². The predicted octanol–water partition coefficient (Wildman–Crippen LogP) is 6.69. The molecule has 4 aliphatic heterocycles. The molecule has 10 heterocycles. The molecule has 3 N–H and O–H groups in total. The average molecular weight is 936 g/mol. The van der Waals surface area contributed by atoms with Gasteiger partial charge in [-0.3, -0.25) is 9.59 Å². The number of piperidine rings is 2. The van der Waals surface area contributed by atoms with E-state index in [1.807, 2.05) is 0 Å². The van der Waals surface area contributed by atoms with Crippen LogP contribution in [0.1, 0.15) is 83.7 Å². The van der Waals surface area contributed by atoms with Crippen molar-refractivity contribution >= 4 is 51.9 Å². The van der Waals surface area contributed by atoms with Gasteiger partial charge in [0.15, 0.2) is 22.9 Å². The number of nitrogens with zero attached hydrogens (tertiary/aromatic N) is 11. The summed E-state index contributed by atoms with van der Waals surface area (Å²) in [7, 11) is 0. The van der Waals surface area contributed by atoms with E-state index in [9.17, 15) is 18.4 Å². The molecular weight excluding hydrogens is 878 g/mol. The molecule has 67 heavy (non-hydrogen) atoms. The van der Waals surface area contributed by atoms with Gasteiger partial charge in [-0.25, -0.2) is 38.7 Å². The summed E-state index contributed by atoms with van der Waals surface area (Å²) in [6.45, 7) is 13.5. The Labute approximate surface area is 393 Å². The van der Waals surface area contributed by atoms with Gasteiger partial charge in [-0.2, -0.15) is 0 Å². The quantitative estimate of drug-likeness (QED) is 0.141. The lowest BCUT2D eigenvalue weighted by atomic mass is 9.80. The van der Waals surface area contributed by atoms with Gasteiger partial charge in [-0.05, 0) is 115 Å². The Morgan fingerprint density at radius 3 is 1.58 bits per heavy atom. The first-order chi connectivity index (χ1) is 32.5. The SMILES string of the molecule is C1CC(C2CNC2)CN(C2CC2)C1.Cc1cn2cc(NC(=O)c3cnc(Cl)cn3)cc(F)c2n1.Cc1cn2cc(NC(=O)c3cnc(N4CC(C5CCCN(C6CC6)C5)C4)cn3)cc(F)c2n1. The second-order valence-corrected chi connectivity index (χ2v) is 19.5. The summed E-state index contributed by atoms with van der Waals surface area (Å²) in [6, 6.07) is 4.31. The van der Waals surface area contributed by atoms with E-state index in [4.69, 9.17) is 11.6 Å². The van der Waals surface area contributed by atoms with Gasteiger partial charge in [-0.1, -0.05) is 11.6 Å². The zero-order valence-corrected chi connectivity index (χ0v) is 38.7. The van der Waals surface area contributed by atoms with Crippen LogP contribution in [0.4, 0.5) is 26.0 Å². The molecule has 0 radical (unpaired) electrons. The number of carbonyl (C=O) groups excluding carboxylic acids is 2. The number of hydrogen-bond donors (Lipinski definition) is 3. The van der Waals surface area contributed by atoms with E-state index < -0.39 is 23.4 Å². The lowest BCUT2D eigenvalue weighted by Gasteiger charge is -2.47. The van der Waals surface area contributed by atoms with Gasteiger partial charge < -0.3 is 39.5 Å². The topological polar surface area (TPSA) is 166 Å². The number of amides is 2. The molecule has 4 saturated heterocycles. The number of likely N-dealkylation sites (tertiary alicyclic amines) is 2. The number of imidazole rings is 2. The summed E-state index contributed by atoms with van der Waals surface area (Å²) < 4.78 is 31.2. The number of pyridine rings is 2. The Balaban J connectivity index is 0.000000131. The van der Waals surface area contributed by atoms with E-state index in [-0.39, 0.29) is 27.8 Å². The highest BCUT2D eigenvalue weighted by molar-refractivity contribution is 6.29. The Morgan fingerprint density at radius 1 is 0.627 bits per heavy atom. The summed E-state index contributed by atoms with van der Waals surface area (Å²) in [6.07, 6.45) is 23.6. The molecule has 2 saturated carbocycles. The van der Waals surface area contributed by atoms with E-state index in [2.05, 4.69) is 60.6 Å². The highest BCUT2D eigenvalue weighted by atomic mass is 35.5. The number of hydrogen-bond acceptors (Lipinski definition) is 12. The van der Waals surface area contributed by atoms with Crippen LogP contribution in [0.2, 0.25) is 5.15 Å². The van der Waals surface area contributed by atoms with Crippen LogP contribution in [0.25, 0.3) is 11.3 Å². The van der Waals surface area contributed by atoms with Crippen LogP contribution in [0.15, 0.2) is 61.7 Å². The Kier molecular flexibility index (Phi) is 13.1. The third kappa shape index (κ3) is 10.7. The minimum Gasteiger partial charge on any atom is -0.355 e. The molecule has 6 aliphatic rings. The van der Waals surface area contributed by atoms with Crippen LogP contribution in [0.3, 0.4) is 0 Å². The number of fused-ring (bicyclic) bond motifs is 2. The molecule has 2 amide bonds. The molecule has 352 valence electrons. The Morgan fingerprint density at radius 2 is 1.13 bits per heavy atom. The molecule has 6 fully saturated rings. The summed E-state index contributed by atoms with van der Waals surface area (Å²) >= 11 is 5.60. The number of rotatable bonds is 9. The molecule has 2 atom stereocenters. The molecule has 19 heteroatoms. The molecular formula is C48H57ClF2N14O2. The predicted molar refractivity (Wildman–Crippen MR) is 251 cm³/mol. The molecule has 12 rings (SSSR count). The molecule has 16 nitrogen and oxygen atoms in total. The Bertz CT molecular complexity index is 2720. The summed E-state index contributed by atoms with van der Waals surface area (Å²) in [5, 5.41) is 8.83. The van der Waals surface area contributed by atoms with Gasteiger partial charge in [0.1, 0.15) is 22.4 Å². The van der Waals surface area contributed by atoms with Crippen LogP contribution in [0.5, 0.6) is 0 Å². The zero-order chi connectivity index (χ0) is 46.2. The van der Waals surface area contributed by atoms with Crippen LogP contribution >= 0.6 is 11.6 Å². The molecule has 2 aliphatic carbocycles. The number of nitrogens with one attached hydrogen (secondary N) is 3. The van der Waals surface area contributed by atoms with Crippen molar-refractivity contribution < 1.29 is 18.4 Å². The monoisotopic (exact) mass is 934 g/mol. The Hall–Kier alpha value is -5.69. The molecule has 6 aromatic heterocycles. The number of aryl methyl sites for hydroxylation is 2. The van der Waals surface area contributed by atoms with Gasteiger partial charge in [0.05, 0.1) is 47.6 Å². The first-order valence-electron chi connectivity index (χ1n) is 23.7. The molecule has 0 aromatic carbocycles. The third-order valence-electron chi connectivity index (χ3n) is 14.0. The summed E-state index contributed by atoms with van der Waals surface area (Å²) in [5.74, 6) is 2.40. The lowest BCUT2D eigenvalue weighted by molar-refractivity contribution is 0.101. The van der Waals surface area contributed by atoms with E-state index in [1.54, 1.807) is 49.2 Å². The maximum atomic E-state index is 14.3. The first-order valence-corrected chi connectivity index (χ1v) is 24.0. The fourth-order valence-corrected chi connectivity index (χ4v) is 10.0. The van der Waals surface area contributed by atoms with Crippen molar-refractivity contribution in [2.75, 3.05) is 67.9 Å². The minimum absolute atomic E-state index is 0.0849. The second kappa shape index (κ2) is 19.5. The smallest absolute Gasteiger partial charge is 0.275 e. The molecule has 2 unspecified atom stereocenters. The van der Waals surface area contributed by atoms with E-state index in [0.29, 0.717) is 28.7 Å².